The maximum absolute atomic E-state index is 12.6. The molecule has 1 saturated heterocycles. The molecule has 2 N–H and O–H groups in total. The van der Waals surface area contributed by atoms with Crippen LogP contribution in [-0.2, 0) is 0 Å². The van der Waals surface area contributed by atoms with E-state index in [4.69, 9.17) is 10.2 Å². The molecule has 21 heavy (non-hydrogen) atoms. The van der Waals surface area contributed by atoms with Gasteiger partial charge in [0, 0.05) is 12.6 Å². The van der Waals surface area contributed by atoms with Crippen molar-refractivity contribution in [2.75, 3.05) is 12.3 Å². The van der Waals surface area contributed by atoms with Crippen LogP contribution in [0.1, 0.15) is 46.7 Å². The number of aryl methyl sites for hydroxylation is 2. The van der Waals surface area contributed by atoms with Crippen molar-refractivity contribution in [3.8, 4) is 0 Å². The third kappa shape index (κ3) is 2.46. The number of aromatic nitrogens is 3. The lowest BCUT2D eigenvalue weighted by Gasteiger charge is -2.23. The van der Waals surface area contributed by atoms with Crippen LogP contribution in [-0.4, -0.2) is 32.3 Å². The van der Waals surface area contributed by atoms with Crippen molar-refractivity contribution in [3.63, 3.8) is 0 Å². The molecule has 7 nitrogen and oxygen atoms in total. The molecule has 3 rings (SSSR count). The number of carbonyl (C=O) groups excluding carboxylic acids is 1. The van der Waals surface area contributed by atoms with Crippen molar-refractivity contribution in [1.29, 1.82) is 0 Å². The molecule has 2 aromatic rings. The Hall–Kier alpha value is -2.44. The van der Waals surface area contributed by atoms with Gasteiger partial charge in [-0.3, -0.25) is 4.79 Å². The summed E-state index contributed by atoms with van der Waals surface area (Å²) < 4.78 is 5.12. The maximum Gasteiger partial charge on any atom is 0.276 e. The Balaban J connectivity index is 1.92. The minimum absolute atomic E-state index is 0.0856. The third-order valence-electron chi connectivity index (χ3n) is 3.68. The number of likely N-dealkylation sites (tertiary alicyclic amines) is 1. The van der Waals surface area contributed by atoms with Gasteiger partial charge in [0.2, 0.25) is 0 Å². The van der Waals surface area contributed by atoms with Crippen molar-refractivity contribution in [1.82, 2.24) is 19.9 Å². The predicted octanol–water partition coefficient (Wildman–Crippen LogP) is 1.64. The standard InChI is InChI=1S/C14H17N5O2/c1-8-13(16-7-21-8)14(20)19-5-3-4-11(19)10-6-12(15)18-9(2)17-10/h6-7,11H,3-5H2,1-2H3,(H2,15,17,18)/t11-/m1/s1. The van der Waals surface area contributed by atoms with E-state index in [0.717, 1.165) is 18.5 Å². The Morgan fingerprint density at radius 1 is 1.43 bits per heavy atom. The topological polar surface area (TPSA) is 98.1 Å². The molecule has 0 radical (unpaired) electrons. The summed E-state index contributed by atoms with van der Waals surface area (Å²) in [6, 6.07) is 1.65. The Labute approximate surface area is 122 Å². The van der Waals surface area contributed by atoms with E-state index in [2.05, 4.69) is 15.0 Å². The van der Waals surface area contributed by atoms with E-state index in [1.54, 1.807) is 24.8 Å². The largest absolute Gasteiger partial charge is 0.448 e. The quantitative estimate of drug-likeness (QED) is 0.901. The van der Waals surface area contributed by atoms with E-state index in [0.29, 0.717) is 29.6 Å². The number of hydrogen-bond donors (Lipinski definition) is 1. The summed E-state index contributed by atoms with van der Waals surface area (Å²) in [6.07, 6.45) is 3.08. The third-order valence-corrected chi connectivity index (χ3v) is 3.68. The molecule has 2 aromatic heterocycles. The lowest BCUT2D eigenvalue weighted by molar-refractivity contribution is 0.0725. The SMILES string of the molecule is Cc1nc(N)cc([C@H]2CCCN2C(=O)c2ncoc2C)n1. The van der Waals surface area contributed by atoms with Gasteiger partial charge in [-0.2, -0.15) is 0 Å². The molecule has 0 aliphatic carbocycles. The van der Waals surface area contributed by atoms with Crippen molar-refractivity contribution >= 4 is 11.7 Å². The molecule has 1 aliphatic rings. The number of rotatable bonds is 2. The lowest BCUT2D eigenvalue weighted by Crippen LogP contribution is -2.31. The van der Waals surface area contributed by atoms with Crippen LogP contribution in [0.4, 0.5) is 5.82 Å². The molecule has 1 aliphatic heterocycles. The highest BCUT2D eigenvalue weighted by Crippen LogP contribution is 2.32. The van der Waals surface area contributed by atoms with Crippen molar-refractivity contribution in [2.45, 2.75) is 32.7 Å². The minimum atomic E-state index is -0.126. The van der Waals surface area contributed by atoms with Gasteiger partial charge in [0.1, 0.15) is 17.4 Å². The summed E-state index contributed by atoms with van der Waals surface area (Å²) in [7, 11) is 0. The molecule has 0 saturated carbocycles. The minimum Gasteiger partial charge on any atom is -0.448 e. The second-order valence-electron chi connectivity index (χ2n) is 5.18. The van der Waals surface area contributed by atoms with Gasteiger partial charge >= 0.3 is 0 Å². The number of amides is 1. The Kier molecular flexibility index (Phi) is 3.32. The Bertz CT molecular complexity index is 662. The van der Waals surface area contributed by atoms with Crippen LogP contribution in [0.2, 0.25) is 0 Å². The van der Waals surface area contributed by atoms with Crippen LogP contribution in [0, 0.1) is 13.8 Å². The molecule has 1 amide bonds. The molecular weight excluding hydrogens is 270 g/mol. The van der Waals surface area contributed by atoms with Gasteiger partial charge in [-0.25, -0.2) is 15.0 Å². The first-order valence-corrected chi connectivity index (χ1v) is 6.88. The molecule has 1 atom stereocenters. The van der Waals surface area contributed by atoms with Crippen LogP contribution in [0.15, 0.2) is 16.9 Å². The number of nitrogens with zero attached hydrogens (tertiary/aromatic N) is 4. The van der Waals surface area contributed by atoms with Gasteiger partial charge in [0.15, 0.2) is 12.1 Å². The summed E-state index contributed by atoms with van der Waals surface area (Å²) in [5, 5.41) is 0. The molecule has 0 unspecified atom stereocenters. The molecule has 1 fully saturated rings. The fourth-order valence-corrected chi connectivity index (χ4v) is 2.75. The van der Waals surface area contributed by atoms with Gasteiger partial charge < -0.3 is 15.1 Å². The van der Waals surface area contributed by atoms with Crippen LogP contribution in [0.25, 0.3) is 0 Å². The summed E-state index contributed by atoms with van der Waals surface area (Å²) in [4.78, 5) is 26.9. The predicted molar refractivity (Wildman–Crippen MR) is 75.4 cm³/mol. The van der Waals surface area contributed by atoms with Crippen LogP contribution >= 0.6 is 0 Å². The maximum atomic E-state index is 12.6. The van der Waals surface area contributed by atoms with E-state index in [-0.39, 0.29) is 11.9 Å². The average Bonchev–Trinajstić information content (AvgIpc) is 3.05. The van der Waals surface area contributed by atoms with Gasteiger partial charge in [-0.05, 0) is 26.7 Å². The number of nitrogen functional groups attached to an aromatic ring is 1. The smallest absolute Gasteiger partial charge is 0.276 e. The highest BCUT2D eigenvalue weighted by atomic mass is 16.3. The molecule has 7 heteroatoms. The second-order valence-corrected chi connectivity index (χ2v) is 5.18. The van der Waals surface area contributed by atoms with E-state index < -0.39 is 0 Å². The first kappa shape index (κ1) is 13.5. The number of oxazole rings is 1. The van der Waals surface area contributed by atoms with E-state index in [1.807, 2.05) is 0 Å². The zero-order chi connectivity index (χ0) is 15.0. The zero-order valence-corrected chi connectivity index (χ0v) is 12.0. The molecule has 110 valence electrons. The molecular formula is C14H17N5O2. The summed E-state index contributed by atoms with van der Waals surface area (Å²) in [6.45, 7) is 4.21. The second kappa shape index (κ2) is 5.16. The normalized spacial score (nSPS) is 18.2. The number of hydrogen-bond acceptors (Lipinski definition) is 6. The number of nitrogens with two attached hydrogens (primary N) is 1. The number of carbonyl (C=O) groups is 1. The lowest BCUT2D eigenvalue weighted by atomic mass is 10.1. The van der Waals surface area contributed by atoms with Gasteiger partial charge in [-0.1, -0.05) is 0 Å². The fraction of sp³-hybridized carbons (Fsp3) is 0.429. The average molecular weight is 287 g/mol. The van der Waals surface area contributed by atoms with E-state index in [9.17, 15) is 4.79 Å². The van der Waals surface area contributed by atoms with E-state index in [1.165, 1.54) is 6.39 Å². The molecule has 3 heterocycles. The zero-order valence-electron chi connectivity index (χ0n) is 12.0. The monoisotopic (exact) mass is 287 g/mol. The summed E-state index contributed by atoms with van der Waals surface area (Å²) in [5.74, 6) is 1.44. The summed E-state index contributed by atoms with van der Waals surface area (Å²) >= 11 is 0. The molecule has 0 bridgehead atoms. The Morgan fingerprint density at radius 2 is 2.24 bits per heavy atom. The molecule has 0 aromatic carbocycles. The highest BCUT2D eigenvalue weighted by molar-refractivity contribution is 5.93. The van der Waals surface area contributed by atoms with Gasteiger partial charge in [0.25, 0.3) is 5.91 Å². The first-order valence-electron chi connectivity index (χ1n) is 6.88. The summed E-state index contributed by atoms with van der Waals surface area (Å²) in [5.41, 5.74) is 6.93. The van der Waals surface area contributed by atoms with Crippen LogP contribution in [0.5, 0.6) is 0 Å². The Morgan fingerprint density at radius 3 is 2.90 bits per heavy atom. The molecule has 0 spiro atoms. The van der Waals surface area contributed by atoms with E-state index >= 15 is 0 Å². The van der Waals surface area contributed by atoms with Gasteiger partial charge in [-0.15, -0.1) is 0 Å². The van der Waals surface area contributed by atoms with Gasteiger partial charge in [0.05, 0.1) is 11.7 Å². The fourth-order valence-electron chi connectivity index (χ4n) is 2.75. The van der Waals surface area contributed by atoms with Crippen molar-refractivity contribution in [2.24, 2.45) is 0 Å². The van der Waals surface area contributed by atoms with Crippen LogP contribution in [0.3, 0.4) is 0 Å². The highest BCUT2D eigenvalue weighted by Gasteiger charge is 2.33. The van der Waals surface area contributed by atoms with Crippen molar-refractivity contribution < 1.29 is 9.21 Å². The van der Waals surface area contributed by atoms with Crippen LogP contribution < -0.4 is 5.73 Å². The number of anilines is 1. The first-order chi connectivity index (χ1) is 10.1. The van der Waals surface area contributed by atoms with Crippen molar-refractivity contribution in [3.05, 3.63) is 35.4 Å².